The smallest absolute Gasteiger partial charge is 0.213 e. The van der Waals surface area contributed by atoms with Crippen molar-refractivity contribution in [2.24, 2.45) is 7.05 Å². The lowest BCUT2D eigenvalue weighted by Gasteiger charge is -2.12. The minimum Gasteiger partial charge on any atom is -0.323 e. The Morgan fingerprint density at radius 3 is 2.62 bits per heavy atom. The largest absolute Gasteiger partial charge is 0.323 e. The quantitative estimate of drug-likeness (QED) is 0.383. The zero-order valence-corrected chi connectivity index (χ0v) is 15.8. The van der Waals surface area contributed by atoms with Crippen molar-refractivity contribution in [2.75, 3.05) is 0 Å². The molecule has 0 aliphatic heterocycles. The Bertz CT molecular complexity index is 1190. The number of hydrogen-bond donors (Lipinski definition) is 0. The first kappa shape index (κ1) is 15.4. The van der Waals surface area contributed by atoms with Gasteiger partial charge in [0, 0.05) is 35.1 Å². The summed E-state index contributed by atoms with van der Waals surface area (Å²) in [5.41, 5.74) is 13.7. The van der Waals surface area contributed by atoms with Crippen LogP contribution >= 0.6 is 0 Å². The minimum atomic E-state index is 1.01. The van der Waals surface area contributed by atoms with E-state index in [4.69, 9.17) is 0 Å². The van der Waals surface area contributed by atoms with Gasteiger partial charge in [0.25, 0.3) is 0 Å². The van der Waals surface area contributed by atoms with Crippen molar-refractivity contribution in [3.05, 3.63) is 82.8 Å². The first-order chi connectivity index (χ1) is 12.5. The summed E-state index contributed by atoms with van der Waals surface area (Å²) in [4.78, 5) is 0. The highest BCUT2D eigenvalue weighted by Crippen LogP contribution is 2.42. The molecule has 1 aromatic carbocycles. The molecule has 4 aromatic rings. The highest BCUT2D eigenvalue weighted by Gasteiger charge is 2.27. The zero-order chi connectivity index (χ0) is 18.0. The van der Waals surface area contributed by atoms with Gasteiger partial charge in [0.15, 0.2) is 6.20 Å². The number of pyridine rings is 2. The number of benzene rings is 1. The molecule has 128 valence electrons. The summed E-state index contributed by atoms with van der Waals surface area (Å²) >= 11 is 0. The van der Waals surface area contributed by atoms with E-state index in [-0.39, 0.29) is 0 Å². The standard InChI is InChI=1S/C24H23N2/c1-15-7-8-20-21(24(15)23-10-16(2)17(3)13-25(23)4)12-18-11-19-6-5-9-26(19)14-22(18)20/h5-11,13-14H,12H2,1-4H3/q+1. The van der Waals surface area contributed by atoms with Crippen LogP contribution in [0.5, 0.6) is 0 Å². The van der Waals surface area contributed by atoms with Crippen LogP contribution in [0, 0.1) is 20.8 Å². The third-order valence-electron chi connectivity index (χ3n) is 5.93. The fourth-order valence-corrected chi connectivity index (χ4v) is 4.39. The average molecular weight is 339 g/mol. The fourth-order valence-electron chi connectivity index (χ4n) is 4.39. The van der Waals surface area contributed by atoms with Crippen LogP contribution in [0.25, 0.3) is 27.9 Å². The summed E-state index contributed by atoms with van der Waals surface area (Å²) in [5, 5.41) is 0. The normalized spacial score (nSPS) is 12.5. The molecule has 3 heterocycles. The molecular formula is C24H23N2+. The molecule has 5 rings (SSSR count). The van der Waals surface area contributed by atoms with Gasteiger partial charge in [0.05, 0.1) is 5.56 Å². The van der Waals surface area contributed by atoms with Crippen LogP contribution in [0.3, 0.4) is 0 Å². The molecule has 0 radical (unpaired) electrons. The highest BCUT2D eigenvalue weighted by molar-refractivity contribution is 5.85. The van der Waals surface area contributed by atoms with Gasteiger partial charge in [0.1, 0.15) is 7.05 Å². The predicted molar refractivity (Wildman–Crippen MR) is 106 cm³/mol. The number of rotatable bonds is 1. The van der Waals surface area contributed by atoms with E-state index >= 15 is 0 Å². The molecule has 26 heavy (non-hydrogen) atoms. The maximum absolute atomic E-state index is 2.34. The lowest BCUT2D eigenvalue weighted by Crippen LogP contribution is -2.32. The van der Waals surface area contributed by atoms with Crippen molar-refractivity contribution in [3.8, 4) is 22.4 Å². The van der Waals surface area contributed by atoms with Crippen molar-refractivity contribution >= 4 is 5.52 Å². The molecule has 2 heteroatoms. The van der Waals surface area contributed by atoms with Gasteiger partial charge in [-0.3, -0.25) is 0 Å². The summed E-state index contributed by atoms with van der Waals surface area (Å²) < 4.78 is 4.50. The molecule has 2 nitrogen and oxygen atoms in total. The molecule has 1 aliphatic rings. The maximum Gasteiger partial charge on any atom is 0.213 e. The Morgan fingerprint density at radius 1 is 0.923 bits per heavy atom. The van der Waals surface area contributed by atoms with Gasteiger partial charge in [-0.2, -0.15) is 0 Å². The van der Waals surface area contributed by atoms with E-state index in [9.17, 15) is 0 Å². The minimum absolute atomic E-state index is 1.01. The van der Waals surface area contributed by atoms with Gasteiger partial charge in [-0.05, 0) is 73.2 Å². The maximum atomic E-state index is 2.34. The molecule has 0 unspecified atom stereocenters. The summed E-state index contributed by atoms with van der Waals surface area (Å²) in [6.07, 6.45) is 7.67. The van der Waals surface area contributed by atoms with Crippen molar-refractivity contribution in [3.63, 3.8) is 0 Å². The second-order valence-electron chi connectivity index (χ2n) is 7.65. The number of hydrogen-bond acceptors (Lipinski definition) is 0. The fraction of sp³-hybridized carbons (Fsp3) is 0.208. The summed E-state index contributed by atoms with van der Waals surface area (Å²) in [6, 6.07) is 13.6. The topological polar surface area (TPSA) is 8.29 Å². The molecule has 0 amide bonds. The Balaban J connectivity index is 1.78. The highest BCUT2D eigenvalue weighted by atomic mass is 14.9. The molecule has 0 N–H and O–H groups in total. The number of nitrogens with zero attached hydrogens (tertiary/aromatic N) is 2. The summed E-state index contributed by atoms with van der Waals surface area (Å²) in [7, 11) is 2.16. The van der Waals surface area contributed by atoms with Gasteiger partial charge >= 0.3 is 0 Å². The van der Waals surface area contributed by atoms with E-state index in [0.717, 1.165) is 6.42 Å². The number of aryl methyl sites for hydroxylation is 4. The van der Waals surface area contributed by atoms with Gasteiger partial charge in [-0.25, -0.2) is 4.57 Å². The molecule has 3 aromatic heterocycles. The number of fused-ring (bicyclic) bond motifs is 4. The van der Waals surface area contributed by atoms with Crippen LogP contribution < -0.4 is 4.57 Å². The number of aromatic nitrogens is 2. The Morgan fingerprint density at radius 2 is 1.77 bits per heavy atom. The van der Waals surface area contributed by atoms with Crippen LogP contribution in [0.1, 0.15) is 27.8 Å². The SMILES string of the molecule is Cc1cc(-c2c(C)ccc3c2Cc2cc4cccn4cc2-3)[n+](C)cc1C. The lowest BCUT2D eigenvalue weighted by atomic mass is 9.93. The van der Waals surface area contributed by atoms with Gasteiger partial charge in [0.2, 0.25) is 5.69 Å². The molecule has 0 saturated heterocycles. The van der Waals surface area contributed by atoms with Gasteiger partial charge in [-0.15, -0.1) is 0 Å². The van der Waals surface area contributed by atoms with Crippen molar-refractivity contribution < 1.29 is 4.57 Å². The van der Waals surface area contributed by atoms with E-state index in [1.54, 1.807) is 0 Å². The van der Waals surface area contributed by atoms with Crippen molar-refractivity contribution in [1.82, 2.24) is 4.40 Å². The summed E-state index contributed by atoms with van der Waals surface area (Å²) in [6.45, 7) is 6.62. The monoisotopic (exact) mass is 339 g/mol. The Kier molecular flexibility index (Phi) is 3.14. The van der Waals surface area contributed by atoms with Crippen LogP contribution in [-0.2, 0) is 13.5 Å². The van der Waals surface area contributed by atoms with Gasteiger partial charge < -0.3 is 4.40 Å². The molecular weight excluding hydrogens is 316 g/mol. The first-order valence-electron chi connectivity index (χ1n) is 9.22. The molecule has 0 atom stereocenters. The second kappa shape index (κ2) is 5.31. The molecule has 0 spiro atoms. The van der Waals surface area contributed by atoms with Crippen LogP contribution in [0.2, 0.25) is 0 Å². The van der Waals surface area contributed by atoms with Crippen LogP contribution in [0.4, 0.5) is 0 Å². The average Bonchev–Trinajstić information content (AvgIpc) is 3.20. The third kappa shape index (κ3) is 2.08. The van der Waals surface area contributed by atoms with Gasteiger partial charge in [-0.1, -0.05) is 12.1 Å². The Hall–Kier alpha value is -2.87. The molecule has 1 aliphatic carbocycles. The van der Waals surface area contributed by atoms with Crippen molar-refractivity contribution in [1.29, 1.82) is 0 Å². The van der Waals surface area contributed by atoms with Crippen LogP contribution in [0.15, 0.2) is 55.0 Å². The van der Waals surface area contributed by atoms with E-state index in [1.807, 2.05) is 0 Å². The third-order valence-corrected chi connectivity index (χ3v) is 5.93. The molecule has 0 saturated carbocycles. The lowest BCUT2D eigenvalue weighted by molar-refractivity contribution is -0.660. The second-order valence-corrected chi connectivity index (χ2v) is 7.65. The van der Waals surface area contributed by atoms with Crippen molar-refractivity contribution in [2.45, 2.75) is 27.2 Å². The van der Waals surface area contributed by atoms with E-state index in [1.165, 1.54) is 55.7 Å². The first-order valence-corrected chi connectivity index (χ1v) is 9.22. The predicted octanol–water partition coefficient (Wildman–Crippen LogP) is 4.93. The van der Waals surface area contributed by atoms with Crippen LogP contribution in [-0.4, -0.2) is 4.40 Å². The molecule has 0 bridgehead atoms. The summed E-state index contributed by atoms with van der Waals surface area (Å²) in [5.74, 6) is 0. The van der Waals surface area contributed by atoms with E-state index in [0.29, 0.717) is 0 Å². The van der Waals surface area contributed by atoms with E-state index in [2.05, 4.69) is 91.8 Å². The Labute approximate surface area is 154 Å². The molecule has 0 fully saturated rings. The zero-order valence-electron chi connectivity index (χ0n) is 15.8. The van der Waals surface area contributed by atoms with E-state index < -0.39 is 0 Å².